The average molecular weight is 317 g/mol. The van der Waals surface area contributed by atoms with Crippen molar-refractivity contribution in [3.8, 4) is 5.75 Å². The minimum absolute atomic E-state index is 0.0331. The second kappa shape index (κ2) is 7.49. The molecule has 0 atom stereocenters. The lowest BCUT2D eigenvalue weighted by Crippen LogP contribution is -2.09. The highest BCUT2D eigenvalue weighted by Crippen LogP contribution is 2.35. The van der Waals surface area contributed by atoms with Gasteiger partial charge in [-0.2, -0.15) is 0 Å². The van der Waals surface area contributed by atoms with Gasteiger partial charge in [0.2, 0.25) is 0 Å². The molecule has 3 nitrogen and oxygen atoms in total. The number of hydrogen-bond donors (Lipinski definition) is 2. The van der Waals surface area contributed by atoms with Crippen molar-refractivity contribution in [3.05, 3.63) is 90.5 Å². The van der Waals surface area contributed by atoms with Crippen LogP contribution in [0, 0.1) is 0 Å². The van der Waals surface area contributed by atoms with E-state index in [1.165, 1.54) is 0 Å². The molecule has 2 N–H and O–H groups in total. The number of rotatable bonds is 5. The summed E-state index contributed by atoms with van der Waals surface area (Å²) in [6.07, 6.45) is 3.60. The van der Waals surface area contributed by atoms with Crippen LogP contribution in [0.2, 0.25) is 0 Å². The minimum Gasteiger partial charge on any atom is -0.508 e. The van der Waals surface area contributed by atoms with E-state index in [9.17, 15) is 5.11 Å². The third kappa shape index (κ3) is 3.65. The van der Waals surface area contributed by atoms with Crippen LogP contribution in [0.3, 0.4) is 0 Å². The Hall–Kier alpha value is -3.04. The van der Waals surface area contributed by atoms with Crippen molar-refractivity contribution in [3.63, 3.8) is 0 Å². The van der Waals surface area contributed by atoms with E-state index in [4.69, 9.17) is 5.11 Å². The summed E-state index contributed by atoms with van der Waals surface area (Å²) in [6, 6.07) is 25.3. The molecule has 0 radical (unpaired) electrons. The number of para-hydroxylation sites is 1. The molecule has 0 fully saturated rings. The monoisotopic (exact) mass is 317 g/mol. The topological polar surface area (TPSA) is 43.7 Å². The number of anilines is 3. The lowest BCUT2D eigenvalue weighted by Gasteiger charge is -2.25. The summed E-state index contributed by atoms with van der Waals surface area (Å²) in [4.78, 5) is 2.12. The quantitative estimate of drug-likeness (QED) is 0.706. The van der Waals surface area contributed by atoms with Gasteiger partial charge in [0, 0.05) is 17.1 Å². The Labute approximate surface area is 141 Å². The third-order valence-electron chi connectivity index (χ3n) is 3.69. The summed E-state index contributed by atoms with van der Waals surface area (Å²) in [6.45, 7) is 0.0331. The molecule has 0 aliphatic rings. The van der Waals surface area contributed by atoms with Crippen molar-refractivity contribution in [1.29, 1.82) is 0 Å². The molecule has 3 heteroatoms. The molecule has 0 amide bonds. The minimum atomic E-state index is 0.0331. The highest BCUT2D eigenvalue weighted by Gasteiger charge is 2.11. The fourth-order valence-corrected chi connectivity index (χ4v) is 2.55. The Morgan fingerprint density at radius 1 is 0.708 bits per heavy atom. The summed E-state index contributed by atoms with van der Waals surface area (Å²) in [5, 5.41) is 18.4. The molecule has 120 valence electrons. The Bertz CT molecular complexity index is 794. The van der Waals surface area contributed by atoms with Crippen LogP contribution < -0.4 is 4.90 Å². The number of nitrogens with zero attached hydrogens (tertiary/aromatic N) is 1. The van der Waals surface area contributed by atoms with Crippen LogP contribution in [0.5, 0.6) is 5.75 Å². The molecule has 3 rings (SSSR count). The number of aromatic hydroxyl groups is 1. The van der Waals surface area contributed by atoms with Crippen molar-refractivity contribution in [2.45, 2.75) is 0 Å². The van der Waals surface area contributed by atoms with Gasteiger partial charge in [0.15, 0.2) is 0 Å². The molecule has 3 aromatic rings. The van der Waals surface area contributed by atoms with Gasteiger partial charge in [-0.15, -0.1) is 0 Å². The van der Waals surface area contributed by atoms with Gasteiger partial charge in [-0.05, 0) is 54.1 Å². The van der Waals surface area contributed by atoms with Gasteiger partial charge < -0.3 is 15.1 Å². The highest BCUT2D eigenvalue weighted by molar-refractivity contribution is 5.77. The van der Waals surface area contributed by atoms with Crippen LogP contribution in [0.15, 0.2) is 84.9 Å². The second-order valence-corrected chi connectivity index (χ2v) is 5.36. The van der Waals surface area contributed by atoms with E-state index in [0.717, 1.165) is 22.6 Å². The van der Waals surface area contributed by atoms with E-state index >= 15 is 0 Å². The lowest BCUT2D eigenvalue weighted by molar-refractivity contribution is 0.343. The molecule has 0 saturated carbocycles. The van der Waals surface area contributed by atoms with Crippen molar-refractivity contribution in [2.24, 2.45) is 0 Å². The van der Waals surface area contributed by atoms with Gasteiger partial charge in [0.25, 0.3) is 0 Å². The van der Waals surface area contributed by atoms with Crippen LogP contribution in [-0.2, 0) is 0 Å². The second-order valence-electron chi connectivity index (χ2n) is 5.36. The molecule has 0 bridgehead atoms. The molecule has 3 aromatic carbocycles. The number of hydrogen-bond acceptors (Lipinski definition) is 3. The lowest BCUT2D eigenvalue weighted by atomic mass is 10.1. The van der Waals surface area contributed by atoms with Crippen molar-refractivity contribution >= 4 is 23.1 Å². The third-order valence-corrected chi connectivity index (χ3v) is 3.69. The van der Waals surface area contributed by atoms with Gasteiger partial charge >= 0.3 is 0 Å². The maximum absolute atomic E-state index is 9.55. The Morgan fingerprint density at radius 2 is 1.25 bits per heavy atom. The fraction of sp³-hybridized carbons (Fsp3) is 0.0476. The first-order valence-electron chi connectivity index (χ1n) is 7.79. The first-order chi connectivity index (χ1) is 11.8. The number of aliphatic hydroxyl groups is 1. The Balaban J connectivity index is 2.01. The molecule has 0 aliphatic heterocycles. The van der Waals surface area contributed by atoms with E-state index in [0.29, 0.717) is 0 Å². The van der Waals surface area contributed by atoms with Gasteiger partial charge in [-0.1, -0.05) is 42.5 Å². The smallest absolute Gasteiger partial charge is 0.115 e. The molecule has 0 aromatic heterocycles. The van der Waals surface area contributed by atoms with Crippen LogP contribution >= 0.6 is 0 Å². The van der Waals surface area contributed by atoms with Crippen molar-refractivity contribution in [2.75, 3.05) is 11.5 Å². The van der Waals surface area contributed by atoms with E-state index in [-0.39, 0.29) is 12.4 Å². The van der Waals surface area contributed by atoms with E-state index in [1.807, 2.05) is 72.8 Å². The zero-order chi connectivity index (χ0) is 16.8. The zero-order valence-corrected chi connectivity index (χ0v) is 13.2. The standard InChI is InChI=1S/C21H19NO2/c23-16-4-5-17-8-10-19(11-9-17)22(18-6-2-1-3-7-18)20-12-14-21(24)15-13-20/h1-15,23-24H,16H2. The molecular formula is C21H19NO2. The van der Waals surface area contributed by atoms with Crippen LogP contribution in [-0.4, -0.2) is 16.8 Å². The number of benzene rings is 3. The number of phenols is 1. The van der Waals surface area contributed by atoms with E-state index < -0.39 is 0 Å². The molecule has 0 spiro atoms. The molecule has 0 saturated heterocycles. The summed E-state index contributed by atoms with van der Waals surface area (Å²) < 4.78 is 0. The average Bonchev–Trinajstić information content (AvgIpc) is 2.64. The maximum atomic E-state index is 9.55. The normalized spacial score (nSPS) is 10.9. The number of phenolic OH excluding ortho intramolecular Hbond substituents is 1. The predicted octanol–water partition coefficient (Wildman–Crippen LogP) is 4.87. The molecule has 0 heterocycles. The van der Waals surface area contributed by atoms with Gasteiger partial charge in [-0.3, -0.25) is 0 Å². The molecular weight excluding hydrogens is 298 g/mol. The molecule has 0 aliphatic carbocycles. The van der Waals surface area contributed by atoms with Crippen LogP contribution in [0.1, 0.15) is 5.56 Å². The predicted molar refractivity (Wildman–Crippen MR) is 98.9 cm³/mol. The number of aliphatic hydroxyl groups excluding tert-OH is 1. The summed E-state index contributed by atoms with van der Waals surface area (Å²) in [5.74, 6) is 0.247. The summed E-state index contributed by atoms with van der Waals surface area (Å²) in [5.41, 5.74) is 4.07. The molecule has 0 unspecified atom stereocenters. The van der Waals surface area contributed by atoms with E-state index in [1.54, 1.807) is 18.2 Å². The first kappa shape index (κ1) is 15.8. The highest BCUT2D eigenvalue weighted by atomic mass is 16.3. The van der Waals surface area contributed by atoms with Crippen molar-refractivity contribution in [1.82, 2.24) is 0 Å². The largest absolute Gasteiger partial charge is 0.508 e. The maximum Gasteiger partial charge on any atom is 0.115 e. The summed E-state index contributed by atoms with van der Waals surface area (Å²) >= 11 is 0. The Morgan fingerprint density at radius 3 is 1.83 bits per heavy atom. The first-order valence-corrected chi connectivity index (χ1v) is 7.79. The fourth-order valence-electron chi connectivity index (χ4n) is 2.55. The van der Waals surface area contributed by atoms with E-state index in [2.05, 4.69) is 4.90 Å². The zero-order valence-electron chi connectivity index (χ0n) is 13.2. The molecule has 24 heavy (non-hydrogen) atoms. The van der Waals surface area contributed by atoms with Crippen molar-refractivity contribution < 1.29 is 10.2 Å². The van der Waals surface area contributed by atoms with Gasteiger partial charge in [0.1, 0.15) is 5.75 Å². The SMILES string of the molecule is OCC=Cc1ccc(N(c2ccccc2)c2ccc(O)cc2)cc1. The Kier molecular flexibility index (Phi) is 4.94. The van der Waals surface area contributed by atoms with Crippen LogP contribution in [0.25, 0.3) is 6.08 Å². The summed E-state index contributed by atoms with van der Waals surface area (Å²) in [7, 11) is 0. The van der Waals surface area contributed by atoms with Gasteiger partial charge in [0.05, 0.1) is 6.61 Å². The van der Waals surface area contributed by atoms with Gasteiger partial charge in [-0.25, -0.2) is 0 Å². The van der Waals surface area contributed by atoms with Crippen LogP contribution in [0.4, 0.5) is 17.1 Å².